The number of hydrogen-bond donors (Lipinski definition) is 1. The fourth-order valence-corrected chi connectivity index (χ4v) is 2.94. The SMILES string of the molecule is COc1cc(/C=N\n2c(-c3ccc(Cl)cc3Cl)n[nH]c2=S)cc(OC)c1. The molecule has 0 atom stereocenters. The van der Waals surface area contributed by atoms with Gasteiger partial charge in [0, 0.05) is 22.2 Å². The predicted molar refractivity (Wildman–Crippen MR) is 105 cm³/mol. The summed E-state index contributed by atoms with van der Waals surface area (Å²) in [5.74, 6) is 1.79. The molecule has 0 saturated carbocycles. The van der Waals surface area contributed by atoms with Crippen LogP contribution >= 0.6 is 35.4 Å². The van der Waals surface area contributed by atoms with Gasteiger partial charge in [0.15, 0.2) is 5.82 Å². The molecule has 0 saturated heterocycles. The predicted octanol–water partition coefficient (Wildman–Crippen LogP) is 4.81. The summed E-state index contributed by atoms with van der Waals surface area (Å²) in [6.45, 7) is 0. The Kier molecular flexibility index (Phi) is 5.61. The molecule has 26 heavy (non-hydrogen) atoms. The van der Waals surface area contributed by atoms with Crippen molar-refractivity contribution in [3.8, 4) is 22.9 Å². The number of benzene rings is 2. The van der Waals surface area contributed by atoms with Crippen molar-refractivity contribution >= 4 is 41.6 Å². The molecule has 6 nitrogen and oxygen atoms in total. The summed E-state index contributed by atoms with van der Waals surface area (Å²) in [4.78, 5) is 0. The number of halogens is 2. The van der Waals surface area contributed by atoms with Crippen molar-refractivity contribution in [3.05, 3.63) is 56.8 Å². The molecular formula is C17H14Cl2N4O2S. The molecule has 0 aliphatic carbocycles. The third kappa shape index (κ3) is 3.90. The van der Waals surface area contributed by atoms with Crippen molar-refractivity contribution in [2.24, 2.45) is 5.10 Å². The van der Waals surface area contributed by atoms with Crippen LogP contribution in [0.5, 0.6) is 11.5 Å². The third-order valence-electron chi connectivity index (χ3n) is 3.52. The van der Waals surface area contributed by atoms with Crippen LogP contribution in [0.2, 0.25) is 10.0 Å². The van der Waals surface area contributed by atoms with Gasteiger partial charge in [-0.1, -0.05) is 23.2 Å². The van der Waals surface area contributed by atoms with Gasteiger partial charge in [-0.2, -0.15) is 14.9 Å². The largest absolute Gasteiger partial charge is 0.497 e. The van der Waals surface area contributed by atoms with Gasteiger partial charge >= 0.3 is 0 Å². The van der Waals surface area contributed by atoms with Gasteiger partial charge in [-0.25, -0.2) is 5.10 Å². The minimum absolute atomic E-state index is 0.331. The molecule has 1 N–H and O–H groups in total. The summed E-state index contributed by atoms with van der Waals surface area (Å²) in [7, 11) is 3.17. The molecule has 3 aromatic rings. The maximum absolute atomic E-state index is 6.27. The van der Waals surface area contributed by atoms with Gasteiger partial charge in [-0.05, 0) is 42.5 Å². The number of nitrogens with zero attached hydrogens (tertiary/aromatic N) is 3. The van der Waals surface area contributed by atoms with Crippen LogP contribution < -0.4 is 9.47 Å². The quantitative estimate of drug-likeness (QED) is 0.485. The number of H-pyrrole nitrogens is 1. The molecule has 0 aliphatic rings. The lowest BCUT2D eigenvalue weighted by Gasteiger charge is -2.06. The molecule has 0 fully saturated rings. The van der Waals surface area contributed by atoms with Gasteiger partial charge in [0.2, 0.25) is 4.77 Å². The highest BCUT2D eigenvalue weighted by atomic mass is 35.5. The molecule has 1 heterocycles. The van der Waals surface area contributed by atoms with Gasteiger partial charge in [0.05, 0.1) is 25.5 Å². The van der Waals surface area contributed by atoms with E-state index < -0.39 is 0 Å². The number of nitrogens with one attached hydrogen (secondary N) is 1. The number of ether oxygens (including phenoxy) is 2. The van der Waals surface area contributed by atoms with E-state index in [1.54, 1.807) is 44.7 Å². The Bertz CT molecular complexity index is 1010. The lowest BCUT2D eigenvalue weighted by Crippen LogP contribution is -1.96. The summed E-state index contributed by atoms with van der Waals surface area (Å²) >= 11 is 17.5. The van der Waals surface area contributed by atoms with Gasteiger partial charge in [-0.3, -0.25) is 0 Å². The molecule has 0 spiro atoms. The van der Waals surface area contributed by atoms with E-state index in [9.17, 15) is 0 Å². The smallest absolute Gasteiger partial charge is 0.216 e. The van der Waals surface area contributed by atoms with Gasteiger partial charge in [0.25, 0.3) is 0 Å². The van der Waals surface area contributed by atoms with Gasteiger partial charge in [0.1, 0.15) is 11.5 Å². The van der Waals surface area contributed by atoms with Crippen molar-refractivity contribution in [3.63, 3.8) is 0 Å². The Morgan fingerprint density at radius 2 is 1.81 bits per heavy atom. The Morgan fingerprint density at radius 1 is 1.12 bits per heavy atom. The van der Waals surface area contributed by atoms with Gasteiger partial charge < -0.3 is 9.47 Å². The molecule has 0 radical (unpaired) electrons. The molecule has 134 valence electrons. The summed E-state index contributed by atoms with van der Waals surface area (Å²) in [6, 6.07) is 10.5. The van der Waals surface area contributed by atoms with Crippen LogP contribution in [-0.2, 0) is 0 Å². The van der Waals surface area contributed by atoms with E-state index in [2.05, 4.69) is 15.3 Å². The molecule has 1 aromatic heterocycles. The first-order valence-electron chi connectivity index (χ1n) is 7.42. The van der Waals surface area contributed by atoms with Crippen LogP contribution in [0.4, 0.5) is 0 Å². The standard InChI is InChI=1S/C17H14Cl2N4O2S/c1-24-12-5-10(6-13(8-12)25-2)9-20-23-16(21-22-17(23)26)14-4-3-11(18)7-15(14)19/h3-9H,1-2H3,(H,22,26)/b20-9-. The molecule has 0 unspecified atom stereocenters. The minimum atomic E-state index is 0.331. The van der Waals surface area contributed by atoms with E-state index in [4.69, 9.17) is 44.9 Å². The van der Waals surface area contributed by atoms with E-state index in [1.165, 1.54) is 4.68 Å². The molecule has 9 heteroatoms. The normalized spacial score (nSPS) is 11.1. The molecule has 3 rings (SSSR count). The highest BCUT2D eigenvalue weighted by molar-refractivity contribution is 7.71. The van der Waals surface area contributed by atoms with E-state index in [0.717, 1.165) is 5.56 Å². The van der Waals surface area contributed by atoms with E-state index >= 15 is 0 Å². The number of rotatable bonds is 5. The summed E-state index contributed by atoms with van der Waals surface area (Å²) in [5, 5.41) is 12.3. The monoisotopic (exact) mass is 408 g/mol. The van der Waals surface area contributed by atoms with Crippen molar-refractivity contribution < 1.29 is 9.47 Å². The maximum Gasteiger partial charge on any atom is 0.216 e. The van der Waals surface area contributed by atoms with Crippen molar-refractivity contribution in [1.29, 1.82) is 0 Å². The second-order valence-corrected chi connectivity index (χ2v) is 6.41. The fourth-order valence-electron chi connectivity index (χ4n) is 2.27. The van der Waals surface area contributed by atoms with Crippen molar-refractivity contribution in [2.75, 3.05) is 14.2 Å². The number of aromatic nitrogens is 3. The summed E-state index contributed by atoms with van der Waals surface area (Å²) in [6.07, 6.45) is 1.63. The average Bonchev–Trinajstić information content (AvgIpc) is 3.00. The Labute approximate surface area is 165 Å². The van der Waals surface area contributed by atoms with Crippen LogP contribution in [0.15, 0.2) is 41.5 Å². The number of methoxy groups -OCH3 is 2. The second kappa shape index (κ2) is 7.90. The van der Waals surface area contributed by atoms with Crippen LogP contribution in [0.1, 0.15) is 5.56 Å². The van der Waals surface area contributed by atoms with Crippen LogP contribution in [0.25, 0.3) is 11.4 Å². The maximum atomic E-state index is 6.27. The first kappa shape index (κ1) is 18.4. The fraction of sp³-hybridized carbons (Fsp3) is 0.118. The molecule has 0 aliphatic heterocycles. The zero-order valence-electron chi connectivity index (χ0n) is 13.9. The first-order valence-corrected chi connectivity index (χ1v) is 8.58. The molecular weight excluding hydrogens is 395 g/mol. The van der Waals surface area contributed by atoms with Crippen LogP contribution in [-0.4, -0.2) is 35.3 Å². The molecule has 0 bridgehead atoms. The lowest BCUT2D eigenvalue weighted by molar-refractivity contribution is 0.394. The Hall–Kier alpha value is -2.35. The highest BCUT2D eigenvalue weighted by Crippen LogP contribution is 2.29. The minimum Gasteiger partial charge on any atom is -0.497 e. The zero-order valence-corrected chi connectivity index (χ0v) is 16.2. The Balaban J connectivity index is 2.02. The van der Waals surface area contributed by atoms with E-state index in [1.807, 2.05) is 12.1 Å². The topological polar surface area (TPSA) is 64.4 Å². The van der Waals surface area contributed by atoms with Crippen LogP contribution in [0.3, 0.4) is 0 Å². The van der Waals surface area contributed by atoms with E-state index in [0.29, 0.717) is 37.7 Å². The number of hydrogen-bond acceptors (Lipinski definition) is 5. The molecule has 2 aromatic carbocycles. The Morgan fingerprint density at radius 3 is 2.42 bits per heavy atom. The van der Waals surface area contributed by atoms with Crippen molar-refractivity contribution in [1.82, 2.24) is 14.9 Å². The van der Waals surface area contributed by atoms with Gasteiger partial charge in [-0.15, -0.1) is 0 Å². The summed E-state index contributed by atoms with van der Waals surface area (Å²) < 4.78 is 12.3. The average molecular weight is 409 g/mol. The summed E-state index contributed by atoms with van der Waals surface area (Å²) in [5.41, 5.74) is 1.43. The lowest BCUT2D eigenvalue weighted by atomic mass is 10.2. The van der Waals surface area contributed by atoms with Crippen LogP contribution in [0, 0.1) is 4.77 Å². The van der Waals surface area contributed by atoms with E-state index in [-0.39, 0.29) is 0 Å². The third-order valence-corrected chi connectivity index (χ3v) is 4.33. The highest BCUT2D eigenvalue weighted by Gasteiger charge is 2.12. The first-order chi connectivity index (χ1) is 12.5. The second-order valence-electron chi connectivity index (χ2n) is 5.18. The van der Waals surface area contributed by atoms with Crippen molar-refractivity contribution in [2.45, 2.75) is 0 Å². The molecule has 0 amide bonds. The number of aromatic amines is 1. The zero-order chi connectivity index (χ0) is 18.7.